The minimum atomic E-state index is -0.121. The van der Waals surface area contributed by atoms with Gasteiger partial charge in [0.15, 0.2) is 0 Å². The van der Waals surface area contributed by atoms with Crippen molar-refractivity contribution in [3.05, 3.63) is 59.4 Å². The minimum Gasteiger partial charge on any atom is -0.337 e. The van der Waals surface area contributed by atoms with Crippen molar-refractivity contribution in [2.24, 2.45) is 7.05 Å². The van der Waals surface area contributed by atoms with Gasteiger partial charge in [0.2, 0.25) is 0 Å². The number of aryl methyl sites for hydroxylation is 1. The van der Waals surface area contributed by atoms with Gasteiger partial charge in [-0.3, -0.25) is 0 Å². The van der Waals surface area contributed by atoms with Gasteiger partial charge in [-0.15, -0.1) is 0 Å². The number of carbonyl (C=O) groups excluding carboxylic acids is 1. The zero-order valence-electron chi connectivity index (χ0n) is 20.0. The van der Waals surface area contributed by atoms with Crippen LogP contribution in [-0.2, 0) is 12.5 Å². The van der Waals surface area contributed by atoms with Gasteiger partial charge in [-0.1, -0.05) is 58.7 Å². The fourth-order valence-electron chi connectivity index (χ4n) is 5.33. The van der Waals surface area contributed by atoms with Crippen LogP contribution in [0.3, 0.4) is 0 Å². The lowest BCUT2D eigenvalue weighted by molar-refractivity contribution is 0.248. The van der Waals surface area contributed by atoms with Gasteiger partial charge in [-0.25, -0.2) is 9.78 Å². The van der Waals surface area contributed by atoms with Crippen LogP contribution in [0.1, 0.15) is 81.9 Å². The summed E-state index contributed by atoms with van der Waals surface area (Å²) in [5.74, 6) is 0.682. The fraction of sp³-hybridized carbons (Fsp3) is 0.481. The van der Waals surface area contributed by atoms with Crippen molar-refractivity contribution < 1.29 is 4.79 Å². The predicted molar refractivity (Wildman–Crippen MR) is 133 cm³/mol. The van der Waals surface area contributed by atoms with E-state index < -0.39 is 0 Å². The molecule has 1 aromatic carbocycles. The lowest BCUT2D eigenvalue weighted by Gasteiger charge is -2.29. The number of amides is 2. The Labute approximate surface area is 191 Å². The highest BCUT2D eigenvalue weighted by Crippen LogP contribution is 2.43. The molecule has 0 bridgehead atoms. The summed E-state index contributed by atoms with van der Waals surface area (Å²) in [5.41, 5.74) is 5.60. The Bertz CT molecular complexity index is 1080. The van der Waals surface area contributed by atoms with Crippen LogP contribution in [0.4, 0.5) is 10.5 Å². The summed E-state index contributed by atoms with van der Waals surface area (Å²) >= 11 is 0. The number of hydrogen-bond donors (Lipinski definition) is 2. The van der Waals surface area contributed by atoms with Crippen molar-refractivity contribution >= 4 is 22.8 Å². The molecule has 1 fully saturated rings. The van der Waals surface area contributed by atoms with E-state index in [1.54, 1.807) is 0 Å². The number of nitrogens with one attached hydrogen (secondary N) is 2. The number of fused-ring (bicyclic) bond motifs is 1. The fourth-order valence-corrected chi connectivity index (χ4v) is 5.33. The molecule has 32 heavy (non-hydrogen) atoms. The summed E-state index contributed by atoms with van der Waals surface area (Å²) in [6.45, 7) is 9.32. The number of rotatable bonds is 6. The summed E-state index contributed by atoms with van der Waals surface area (Å²) in [6.07, 6.45) is 8.61. The maximum atomic E-state index is 13.1. The van der Waals surface area contributed by atoms with E-state index in [0.717, 1.165) is 24.2 Å². The van der Waals surface area contributed by atoms with Crippen LogP contribution in [0, 0.1) is 0 Å². The molecule has 5 nitrogen and oxygen atoms in total. The first-order valence-electron chi connectivity index (χ1n) is 11.9. The smallest absolute Gasteiger partial charge is 0.319 e. The Hall–Kier alpha value is -2.82. The van der Waals surface area contributed by atoms with Crippen molar-refractivity contribution in [1.29, 1.82) is 0 Å². The minimum absolute atomic E-state index is 0.0433. The lowest BCUT2D eigenvalue weighted by atomic mass is 9.79. The van der Waals surface area contributed by atoms with Crippen LogP contribution in [0.15, 0.2) is 42.7 Å². The molecule has 0 aliphatic heterocycles. The third-order valence-electron chi connectivity index (χ3n) is 7.06. The normalized spacial score (nSPS) is 15.6. The van der Waals surface area contributed by atoms with Gasteiger partial charge in [-0.05, 0) is 53.5 Å². The molecule has 2 heterocycles. The van der Waals surface area contributed by atoms with Gasteiger partial charge in [0.05, 0.1) is 0 Å². The first-order chi connectivity index (χ1) is 15.3. The zero-order chi connectivity index (χ0) is 22.9. The van der Waals surface area contributed by atoms with Crippen LogP contribution in [0.25, 0.3) is 11.0 Å². The van der Waals surface area contributed by atoms with E-state index >= 15 is 0 Å². The Morgan fingerprint density at radius 3 is 2.34 bits per heavy atom. The van der Waals surface area contributed by atoms with Gasteiger partial charge in [0.1, 0.15) is 5.65 Å². The highest BCUT2D eigenvalue weighted by Gasteiger charge is 2.38. The van der Waals surface area contributed by atoms with E-state index in [1.807, 2.05) is 12.3 Å². The highest BCUT2D eigenvalue weighted by atomic mass is 16.2. The second-order valence-corrected chi connectivity index (χ2v) is 9.94. The number of benzene rings is 1. The van der Waals surface area contributed by atoms with Crippen molar-refractivity contribution in [2.75, 3.05) is 11.9 Å². The summed E-state index contributed by atoms with van der Waals surface area (Å²) in [4.78, 5) is 17.7. The van der Waals surface area contributed by atoms with E-state index in [2.05, 4.69) is 85.4 Å². The van der Waals surface area contributed by atoms with Gasteiger partial charge in [0.25, 0.3) is 0 Å². The SMILES string of the molecule is CC(C)c1cccc(C(C)C)c1NC(=O)NCC1(c2cn(C)c3ncccc23)CCCC1. The molecule has 3 aromatic rings. The van der Waals surface area contributed by atoms with E-state index in [1.165, 1.54) is 34.9 Å². The molecule has 0 unspecified atom stereocenters. The molecule has 170 valence electrons. The molecule has 1 aliphatic rings. The van der Waals surface area contributed by atoms with Crippen LogP contribution in [-0.4, -0.2) is 22.1 Å². The number of pyridine rings is 1. The van der Waals surface area contributed by atoms with Gasteiger partial charge >= 0.3 is 6.03 Å². The van der Waals surface area contributed by atoms with Crippen LogP contribution in [0.5, 0.6) is 0 Å². The molecule has 5 heteroatoms. The molecule has 2 amide bonds. The van der Waals surface area contributed by atoms with Crippen molar-refractivity contribution in [3.63, 3.8) is 0 Å². The zero-order valence-corrected chi connectivity index (χ0v) is 20.0. The Kier molecular flexibility index (Phi) is 6.27. The molecule has 0 radical (unpaired) electrons. The third-order valence-corrected chi connectivity index (χ3v) is 7.06. The summed E-state index contributed by atoms with van der Waals surface area (Å²) < 4.78 is 2.11. The molecule has 0 atom stereocenters. The monoisotopic (exact) mass is 432 g/mol. The van der Waals surface area contributed by atoms with Crippen molar-refractivity contribution in [1.82, 2.24) is 14.9 Å². The molecule has 2 aromatic heterocycles. The van der Waals surface area contributed by atoms with E-state index in [-0.39, 0.29) is 11.4 Å². The Morgan fingerprint density at radius 1 is 1.06 bits per heavy atom. The second-order valence-electron chi connectivity index (χ2n) is 9.94. The second kappa shape index (κ2) is 8.97. The number of nitrogens with zero attached hydrogens (tertiary/aromatic N) is 2. The molecule has 0 saturated heterocycles. The van der Waals surface area contributed by atoms with Crippen LogP contribution >= 0.6 is 0 Å². The third kappa shape index (κ3) is 4.13. The van der Waals surface area contributed by atoms with Gasteiger partial charge in [-0.2, -0.15) is 0 Å². The molecule has 0 spiro atoms. The average Bonchev–Trinajstić information content (AvgIpc) is 3.38. The van der Waals surface area contributed by atoms with Crippen molar-refractivity contribution in [3.8, 4) is 0 Å². The quantitative estimate of drug-likeness (QED) is 0.470. The van der Waals surface area contributed by atoms with E-state index in [4.69, 9.17) is 0 Å². The van der Waals surface area contributed by atoms with Gasteiger partial charge in [0, 0.05) is 42.5 Å². The summed E-state index contributed by atoms with van der Waals surface area (Å²) in [7, 11) is 2.05. The van der Waals surface area contributed by atoms with E-state index in [9.17, 15) is 4.79 Å². The number of urea groups is 1. The largest absolute Gasteiger partial charge is 0.337 e. The molecular formula is C27H36N4O. The van der Waals surface area contributed by atoms with Gasteiger partial charge < -0.3 is 15.2 Å². The topological polar surface area (TPSA) is 59.0 Å². The molecule has 4 rings (SSSR count). The molecule has 2 N–H and O–H groups in total. The number of carbonyl (C=O) groups is 1. The number of aromatic nitrogens is 2. The standard InChI is InChI=1S/C27H36N4O/c1-18(2)20-10-8-11-21(19(3)4)24(20)30-26(32)29-17-27(13-6-7-14-27)23-16-31(5)25-22(23)12-9-15-28-25/h8-12,15-16,18-19H,6-7,13-14,17H2,1-5H3,(H2,29,30,32). The summed E-state index contributed by atoms with van der Waals surface area (Å²) in [6, 6.07) is 10.4. The summed E-state index contributed by atoms with van der Waals surface area (Å²) in [5, 5.41) is 7.65. The first kappa shape index (κ1) is 22.4. The Balaban J connectivity index is 1.58. The Morgan fingerprint density at radius 2 is 1.72 bits per heavy atom. The lowest BCUT2D eigenvalue weighted by Crippen LogP contribution is -2.41. The maximum Gasteiger partial charge on any atom is 0.319 e. The molecule has 1 saturated carbocycles. The van der Waals surface area contributed by atoms with Crippen LogP contribution in [0.2, 0.25) is 0 Å². The number of hydrogen-bond acceptors (Lipinski definition) is 2. The first-order valence-corrected chi connectivity index (χ1v) is 11.9. The molecular weight excluding hydrogens is 396 g/mol. The average molecular weight is 433 g/mol. The molecule has 1 aliphatic carbocycles. The van der Waals surface area contributed by atoms with Crippen molar-refractivity contribution in [2.45, 2.75) is 70.6 Å². The van der Waals surface area contributed by atoms with Crippen LogP contribution < -0.4 is 10.6 Å². The van der Waals surface area contributed by atoms with E-state index in [0.29, 0.717) is 18.4 Å². The maximum absolute atomic E-state index is 13.1. The predicted octanol–water partition coefficient (Wildman–Crippen LogP) is 6.45. The number of para-hydroxylation sites is 1. The number of anilines is 1. The highest BCUT2D eigenvalue weighted by molar-refractivity contribution is 5.91.